The lowest BCUT2D eigenvalue weighted by molar-refractivity contribution is -0.139. The SMILES string of the molecule is CSC(=N/C(C)=C/CSc1ccc(OCC(=O)O)c(C)c1)c1ccc(C(F)(F)F)cc1. The van der Waals surface area contributed by atoms with Crippen LogP contribution in [0.1, 0.15) is 23.6 Å². The van der Waals surface area contributed by atoms with Gasteiger partial charge in [0.25, 0.3) is 0 Å². The summed E-state index contributed by atoms with van der Waals surface area (Å²) < 4.78 is 43.4. The molecule has 0 heterocycles. The number of aliphatic carboxylic acids is 1. The molecule has 0 spiro atoms. The number of nitrogens with zero attached hydrogens (tertiary/aromatic N) is 1. The van der Waals surface area contributed by atoms with Crippen LogP contribution in [0.4, 0.5) is 13.2 Å². The molecule has 0 aliphatic heterocycles. The van der Waals surface area contributed by atoms with Gasteiger partial charge in [-0.05, 0) is 56.0 Å². The van der Waals surface area contributed by atoms with Crippen molar-refractivity contribution in [3.8, 4) is 5.75 Å². The van der Waals surface area contributed by atoms with Gasteiger partial charge in [0.05, 0.1) is 5.56 Å². The minimum absolute atomic E-state index is 0.385. The molecule has 0 amide bonds. The molecule has 0 fully saturated rings. The van der Waals surface area contributed by atoms with Crippen LogP contribution < -0.4 is 4.74 Å². The van der Waals surface area contributed by atoms with E-state index in [-0.39, 0.29) is 6.61 Å². The quantitative estimate of drug-likeness (QED) is 0.280. The molecule has 0 aliphatic rings. The molecule has 0 saturated carbocycles. The van der Waals surface area contributed by atoms with Gasteiger partial charge in [0.15, 0.2) is 6.61 Å². The number of benzene rings is 2. The number of rotatable bonds is 8. The molecule has 2 aromatic carbocycles. The van der Waals surface area contributed by atoms with Crippen molar-refractivity contribution in [2.75, 3.05) is 18.6 Å². The maximum atomic E-state index is 12.7. The van der Waals surface area contributed by atoms with Crippen LogP contribution >= 0.6 is 23.5 Å². The maximum Gasteiger partial charge on any atom is 0.416 e. The Balaban J connectivity index is 2.01. The molecule has 0 aromatic heterocycles. The van der Waals surface area contributed by atoms with E-state index in [1.54, 1.807) is 17.8 Å². The van der Waals surface area contributed by atoms with Gasteiger partial charge >= 0.3 is 12.1 Å². The largest absolute Gasteiger partial charge is 0.482 e. The van der Waals surface area contributed by atoms with E-state index in [0.29, 0.717) is 22.1 Å². The Morgan fingerprint density at radius 3 is 2.42 bits per heavy atom. The van der Waals surface area contributed by atoms with Crippen molar-refractivity contribution in [1.82, 2.24) is 0 Å². The van der Waals surface area contributed by atoms with Crippen molar-refractivity contribution in [3.63, 3.8) is 0 Å². The average Bonchev–Trinajstić information content (AvgIpc) is 2.70. The predicted molar refractivity (Wildman–Crippen MR) is 120 cm³/mol. The number of thioether (sulfide) groups is 2. The van der Waals surface area contributed by atoms with E-state index >= 15 is 0 Å². The minimum atomic E-state index is -4.36. The summed E-state index contributed by atoms with van der Waals surface area (Å²) in [5.41, 5.74) is 1.55. The monoisotopic (exact) mass is 469 g/mol. The summed E-state index contributed by atoms with van der Waals surface area (Å²) in [6.45, 7) is 3.31. The van der Waals surface area contributed by atoms with Crippen molar-refractivity contribution >= 4 is 34.5 Å². The molecule has 0 unspecified atom stereocenters. The number of aryl methyl sites for hydroxylation is 1. The van der Waals surface area contributed by atoms with E-state index in [2.05, 4.69) is 4.99 Å². The number of halogens is 3. The molecule has 2 rings (SSSR count). The topological polar surface area (TPSA) is 58.9 Å². The second-order valence-electron chi connectivity index (χ2n) is 6.46. The van der Waals surface area contributed by atoms with E-state index in [1.165, 1.54) is 23.9 Å². The third kappa shape index (κ3) is 7.99. The van der Waals surface area contributed by atoms with Crippen LogP contribution in [0.5, 0.6) is 5.75 Å². The lowest BCUT2D eigenvalue weighted by atomic mass is 10.1. The van der Waals surface area contributed by atoms with E-state index in [4.69, 9.17) is 9.84 Å². The highest BCUT2D eigenvalue weighted by molar-refractivity contribution is 8.13. The molecule has 166 valence electrons. The number of carbonyl (C=O) groups is 1. The lowest BCUT2D eigenvalue weighted by Crippen LogP contribution is -2.09. The maximum absolute atomic E-state index is 12.7. The number of aliphatic imine (C=N–C) groups is 1. The number of carboxylic acid groups (broad SMARTS) is 1. The Kier molecular flexibility index (Phi) is 9.06. The molecule has 1 N–H and O–H groups in total. The second-order valence-corrected chi connectivity index (χ2v) is 8.35. The first-order chi connectivity index (χ1) is 14.6. The van der Waals surface area contributed by atoms with E-state index < -0.39 is 17.7 Å². The standard InChI is InChI=1S/C22H22F3NO3S2/c1-14-12-18(8-9-19(14)29-13-20(27)28)31-11-10-15(2)26-21(30-3)16-4-6-17(7-5-16)22(23,24)25/h4-10,12H,11,13H2,1-3H3,(H,27,28)/b15-10+,26-21?. The van der Waals surface area contributed by atoms with Crippen molar-refractivity contribution < 1.29 is 27.8 Å². The van der Waals surface area contributed by atoms with Crippen LogP contribution in [0.15, 0.2) is 64.1 Å². The third-order valence-electron chi connectivity index (χ3n) is 4.06. The fraction of sp³-hybridized carbons (Fsp3) is 0.273. The molecule has 0 radical (unpaired) electrons. The first kappa shape index (κ1) is 24.9. The summed E-state index contributed by atoms with van der Waals surface area (Å²) in [5.74, 6) is 0.155. The first-order valence-electron chi connectivity index (χ1n) is 9.15. The fourth-order valence-electron chi connectivity index (χ4n) is 2.51. The Hall–Kier alpha value is -2.39. The molecule has 0 atom stereocenters. The molecular weight excluding hydrogens is 447 g/mol. The zero-order valence-corrected chi connectivity index (χ0v) is 18.8. The van der Waals surface area contributed by atoms with E-state index in [0.717, 1.165) is 28.3 Å². The average molecular weight is 470 g/mol. The molecule has 31 heavy (non-hydrogen) atoms. The molecule has 9 heteroatoms. The Morgan fingerprint density at radius 1 is 1.19 bits per heavy atom. The number of hydrogen-bond donors (Lipinski definition) is 1. The van der Waals surface area contributed by atoms with Gasteiger partial charge in [0.1, 0.15) is 10.8 Å². The van der Waals surface area contributed by atoms with Gasteiger partial charge in [0.2, 0.25) is 0 Å². The Bertz CT molecular complexity index is 971. The zero-order valence-electron chi connectivity index (χ0n) is 17.2. The first-order valence-corrected chi connectivity index (χ1v) is 11.4. The molecule has 4 nitrogen and oxygen atoms in total. The zero-order chi connectivity index (χ0) is 23.0. The van der Waals surface area contributed by atoms with Crippen LogP contribution in [0, 0.1) is 6.92 Å². The van der Waals surface area contributed by atoms with Crippen LogP contribution in [-0.2, 0) is 11.0 Å². The smallest absolute Gasteiger partial charge is 0.416 e. The highest BCUT2D eigenvalue weighted by Gasteiger charge is 2.30. The van der Waals surface area contributed by atoms with E-state index in [9.17, 15) is 18.0 Å². The van der Waals surface area contributed by atoms with Crippen LogP contribution in [0.25, 0.3) is 0 Å². The highest BCUT2D eigenvalue weighted by atomic mass is 32.2. The Labute approximate surface area is 187 Å². The van der Waals surface area contributed by atoms with Crippen molar-refractivity contribution in [1.29, 1.82) is 0 Å². The number of carboxylic acids is 1. The van der Waals surface area contributed by atoms with Crippen LogP contribution in [0.3, 0.4) is 0 Å². The second kappa shape index (κ2) is 11.3. The van der Waals surface area contributed by atoms with Gasteiger partial charge in [-0.1, -0.05) is 18.2 Å². The van der Waals surface area contributed by atoms with Gasteiger partial charge < -0.3 is 9.84 Å². The van der Waals surface area contributed by atoms with Crippen molar-refractivity contribution in [3.05, 3.63) is 70.9 Å². The summed E-state index contributed by atoms with van der Waals surface area (Å²) in [6.07, 6.45) is -0.592. The van der Waals surface area contributed by atoms with Gasteiger partial charge in [-0.15, -0.1) is 23.5 Å². The lowest BCUT2D eigenvalue weighted by Gasteiger charge is -2.09. The van der Waals surface area contributed by atoms with Gasteiger partial charge in [-0.2, -0.15) is 13.2 Å². The number of ether oxygens (including phenoxy) is 1. The number of alkyl halides is 3. The Morgan fingerprint density at radius 2 is 1.87 bits per heavy atom. The van der Waals surface area contributed by atoms with Crippen LogP contribution in [-0.4, -0.2) is 34.7 Å². The van der Waals surface area contributed by atoms with Crippen LogP contribution in [0.2, 0.25) is 0 Å². The number of hydrogen-bond acceptors (Lipinski definition) is 5. The summed E-state index contributed by atoms with van der Waals surface area (Å²) in [6, 6.07) is 10.5. The molecule has 2 aromatic rings. The molecule has 0 saturated heterocycles. The van der Waals surface area contributed by atoms with Gasteiger partial charge in [-0.3, -0.25) is 0 Å². The normalized spacial score (nSPS) is 12.7. The fourth-order valence-corrected chi connectivity index (χ4v) is 4.06. The third-order valence-corrected chi connectivity index (χ3v) is 5.69. The highest BCUT2D eigenvalue weighted by Crippen LogP contribution is 2.30. The number of allylic oxidation sites excluding steroid dienone is 1. The predicted octanol–water partition coefficient (Wildman–Crippen LogP) is 6.28. The summed E-state index contributed by atoms with van der Waals surface area (Å²) in [4.78, 5) is 16.1. The summed E-state index contributed by atoms with van der Waals surface area (Å²) in [7, 11) is 0. The van der Waals surface area contributed by atoms with Gasteiger partial charge in [0, 0.05) is 21.9 Å². The van der Waals surface area contributed by atoms with Gasteiger partial charge in [-0.25, -0.2) is 9.79 Å². The molecule has 0 bridgehead atoms. The minimum Gasteiger partial charge on any atom is -0.482 e. The van der Waals surface area contributed by atoms with E-state index in [1.807, 2.05) is 38.3 Å². The van der Waals surface area contributed by atoms with Crippen molar-refractivity contribution in [2.24, 2.45) is 4.99 Å². The molecule has 0 aliphatic carbocycles. The summed E-state index contributed by atoms with van der Waals surface area (Å²) >= 11 is 2.95. The van der Waals surface area contributed by atoms with Crippen molar-refractivity contribution in [2.45, 2.75) is 24.9 Å². The summed E-state index contributed by atoms with van der Waals surface area (Å²) in [5, 5.41) is 9.33. The molecular formula is C22H22F3NO3S2.